The lowest BCUT2D eigenvalue weighted by Gasteiger charge is -2.33. The summed E-state index contributed by atoms with van der Waals surface area (Å²) in [5.74, 6) is 0.424. The number of ether oxygens (including phenoxy) is 1. The summed E-state index contributed by atoms with van der Waals surface area (Å²) in [6.45, 7) is 7.18. The Labute approximate surface area is 216 Å². The lowest BCUT2D eigenvalue weighted by Crippen LogP contribution is -2.27. The van der Waals surface area contributed by atoms with Gasteiger partial charge in [0.1, 0.15) is 0 Å². The molecule has 5 aromatic rings. The van der Waals surface area contributed by atoms with Gasteiger partial charge in [-0.1, -0.05) is 41.6 Å². The minimum absolute atomic E-state index is 0.126. The average Bonchev–Trinajstić information content (AvgIpc) is 3.40. The molecule has 1 N–H and O–H groups in total. The highest BCUT2D eigenvalue weighted by molar-refractivity contribution is 6.07. The predicted octanol–water partition coefficient (Wildman–Crippen LogP) is 5.54. The van der Waals surface area contributed by atoms with Crippen LogP contribution < -0.4 is 0 Å². The van der Waals surface area contributed by atoms with Crippen LogP contribution in [0.2, 0.25) is 0 Å². The van der Waals surface area contributed by atoms with E-state index in [1.165, 1.54) is 5.56 Å². The number of rotatable bonds is 5. The Morgan fingerprint density at radius 2 is 1.78 bits per heavy atom. The monoisotopic (exact) mass is 495 g/mol. The second-order valence-electron chi connectivity index (χ2n) is 10.7. The minimum atomic E-state index is -0.945. The van der Waals surface area contributed by atoms with E-state index in [2.05, 4.69) is 63.4 Å². The first-order chi connectivity index (χ1) is 17.8. The molecule has 0 radical (unpaired) electrons. The molecule has 0 saturated carbocycles. The second-order valence-corrected chi connectivity index (χ2v) is 10.7. The highest BCUT2D eigenvalue weighted by Crippen LogP contribution is 2.42. The fraction of sp³-hybridized carbons (Fsp3) is 0.367. The van der Waals surface area contributed by atoms with Gasteiger partial charge in [-0.2, -0.15) is 0 Å². The zero-order valence-corrected chi connectivity index (χ0v) is 21.8. The predicted molar refractivity (Wildman–Crippen MR) is 145 cm³/mol. The van der Waals surface area contributed by atoms with Crippen molar-refractivity contribution in [3.05, 3.63) is 77.6 Å². The van der Waals surface area contributed by atoms with Crippen LogP contribution in [0.5, 0.6) is 0 Å². The van der Waals surface area contributed by atoms with Crippen LogP contribution in [0.4, 0.5) is 0 Å². The Balaban J connectivity index is 1.68. The normalized spacial score (nSPS) is 16.0. The zero-order chi connectivity index (χ0) is 25.7. The summed E-state index contributed by atoms with van der Waals surface area (Å²) in [5.41, 5.74) is 7.16. The van der Waals surface area contributed by atoms with Gasteiger partial charge >= 0.3 is 0 Å². The smallest absolute Gasteiger partial charge is 0.0960 e. The van der Waals surface area contributed by atoms with E-state index in [9.17, 15) is 5.11 Å². The Morgan fingerprint density at radius 3 is 2.46 bits per heavy atom. The number of aromatic nitrogens is 5. The van der Waals surface area contributed by atoms with Crippen LogP contribution in [0.15, 0.2) is 60.8 Å². The Kier molecular flexibility index (Phi) is 5.85. The zero-order valence-electron chi connectivity index (χ0n) is 21.8. The number of hydrogen-bond acceptors (Lipinski definition) is 5. The maximum Gasteiger partial charge on any atom is 0.0960 e. The molecule has 190 valence electrons. The van der Waals surface area contributed by atoms with E-state index in [1.54, 1.807) is 0 Å². The highest BCUT2D eigenvalue weighted by atomic mass is 16.5. The summed E-state index contributed by atoms with van der Waals surface area (Å²) in [5, 5.41) is 20.3. The molecule has 1 aliphatic rings. The molecular weight excluding hydrogens is 462 g/mol. The minimum Gasteiger partial charge on any atom is -0.386 e. The van der Waals surface area contributed by atoms with Crippen molar-refractivity contribution < 1.29 is 9.84 Å². The molecular formula is C30H33N5O2. The van der Waals surface area contributed by atoms with Gasteiger partial charge in [0.05, 0.1) is 39.6 Å². The topological polar surface area (TPSA) is 78.0 Å². The van der Waals surface area contributed by atoms with Gasteiger partial charge in [0.2, 0.25) is 0 Å². The summed E-state index contributed by atoms with van der Waals surface area (Å²) < 4.78 is 10.0. The van der Waals surface area contributed by atoms with Crippen LogP contribution in [-0.2, 0) is 17.4 Å². The number of fused-ring (bicyclic) bond motifs is 3. The van der Waals surface area contributed by atoms with Crippen molar-refractivity contribution in [1.29, 1.82) is 0 Å². The molecule has 0 bridgehead atoms. The van der Waals surface area contributed by atoms with Gasteiger partial charge in [-0.15, -0.1) is 5.10 Å². The molecule has 0 spiro atoms. The first-order valence-corrected chi connectivity index (χ1v) is 13.0. The molecule has 4 heterocycles. The molecule has 1 unspecified atom stereocenters. The van der Waals surface area contributed by atoms with Crippen LogP contribution >= 0.6 is 0 Å². The molecule has 37 heavy (non-hydrogen) atoms. The van der Waals surface area contributed by atoms with Crippen LogP contribution in [0.1, 0.15) is 49.6 Å². The van der Waals surface area contributed by atoms with Crippen molar-refractivity contribution >= 4 is 21.9 Å². The number of aryl methyl sites for hydroxylation is 2. The first kappa shape index (κ1) is 23.8. The third kappa shape index (κ3) is 4.12. The Morgan fingerprint density at radius 1 is 1.03 bits per heavy atom. The van der Waals surface area contributed by atoms with E-state index in [1.807, 2.05) is 44.8 Å². The maximum atomic E-state index is 10.8. The molecule has 1 saturated heterocycles. The van der Waals surface area contributed by atoms with Crippen molar-refractivity contribution in [3.8, 4) is 11.3 Å². The quantitative estimate of drug-likeness (QED) is 0.347. The molecule has 7 nitrogen and oxygen atoms in total. The van der Waals surface area contributed by atoms with Gasteiger partial charge in [0.15, 0.2) is 0 Å². The molecule has 1 aliphatic heterocycles. The molecule has 6 rings (SSSR count). The average molecular weight is 496 g/mol. The van der Waals surface area contributed by atoms with Crippen molar-refractivity contribution in [1.82, 2.24) is 24.5 Å². The standard InChI is InChI=1S/C30H33N5O2/c1-19-28(34(4)33-32-19)22-16-26-27(31-18-22)24-17-23(30(2,3)36)10-11-25(24)35(26)29(20-8-6-5-7-9-20)21-12-14-37-15-13-21/h5-11,16-18,21,29,36H,12-15H2,1-4H3. The van der Waals surface area contributed by atoms with Crippen LogP contribution in [0, 0.1) is 12.8 Å². The summed E-state index contributed by atoms with van der Waals surface area (Å²) in [7, 11) is 1.92. The molecule has 3 aromatic heterocycles. The largest absolute Gasteiger partial charge is 0.386 e. The van der Waals surface area contributed by atoms with Crippen molar-refractivity contribution in [3.63, 3.8) is 0 Å². The lowest BCUT2D eigenvalue weighted by atomic mass is 9.86. The maximum absolute atomic E-state index is 10.8. The first-order valence-electron chi connectivity index (χ1n) is 13.0. The number of nitrogens with zero attached hydrogens (tertiary/aromatic N) is 5. The second kappa shape index (κ2) is 9.08. The number of hydrogen-bond donors (Lipinski definition) is 1. The number of aliphatic hydroxyl groups is 1. The SMILES string of the molecule is Cc1nnn(C)c1-c1cnc2c3cc(C(C)(C)O)ccc3n(C(c3ccccc3)C3CCOCC3)c2c1. The highest BCUT2D eigenvalue weighted by Gasteiger charge is 2.31. The van der Waals surface area contributed by atoms with Gasteiger partial charge in [-0.3, -0.25) is 4.98 Å². The molecule has 7 heteroatoms. The number of benzene rings is 2. The summed E-state index contributed by atoms with van der Waals surface area (Å²) >= 11 is 0. The van der Waals surface area contributed by atoms with Crippen molar-refractivity contribution in [2.45, 2.75) is 45.3 Å². The van der Waals surface area contributed by atoms with E-state index in [4.69, 9.17) is 9.72 Å². The lowest BCUT2D eigenvalue weighted by molar-refractivity contribution is 0.0552. The Bertz CT molecular complexity index is 1550. The van der Waals surface area contributed by atoms with E-state index < -0.39 is 5.60 Å². The summed E-state index contributed by atoms with van der Waals surface area (Å²) in [4.78, 5) is 5.02. The van der Waals surface area contributed by atoms with Gasteiger partial charge in [0.25, 0.3) is 0 Å². The third-order valence-electron chi connectivity index (χ3n) is 7.75. The van der Waals surface area contributed by atoms with Crippen molar-refractivity contribution in [2.75, 3.05) is 13.2 Å². The fourth-order valence-electron chi connectivity index (χ4n) is 5.89. The Hall–Kier alpha value is -3.55. The third-order valence-corrected chi connectivity index (χ3v) is 7.75. The van der Waals surface area contributed by atoms with Crippen molar-refractivity contribution in [2.24, 2.45) is 13.0 Å². The van der Waals surface area contributed by atoms with Gasteiger partial charge in [-0.25, -0.2) is 4.68 Å². The molecule has 0 aliphatic carbocycles. The van der Waals surface area contributed by atoms with Gasteiger partial charge in [0, 0.05) is 37.4 Å². The van der Waals surface area contributed by atoms with E-state index in [0.29, 0.717) is 5.92 Å². The van der Waals surface area contributed by atoms with Crippen LogP contribution in [0.3, 0.4) is 0 Å². The summed E-state index contributed by atoms with van der Waals surface area (Å²) in [6, 6.07) is 19.4. The molecule has 1 atom stereocenters. The van der Waals surface area contributed by atoms with Gasteiger partial charge in [-0.05, 0) is 68.9 Å². The van der Waals surface area contributed by atoms with Gasteiger partial charge < -0.3 is 14.4 Å². The molecule has 1 fully saturated rings. The van der Waals surface area contributed by atoms with E-state index >= 15 is 0 Å². The summed E-state index contributed by atoms with van der Waals surface area (Å²) in [6.07, 6.45) is 3.92. The number of pyridine rings is 1. The van der Waals surface area contributed by atoms with E-state index in [0.717, 1.165) is 70.5 Å². The van der Waals surface area contributed by atoms with Crippen LogP contribution in [-0.4, -0.2) is 42.9 Å². The molecule has 2 aromatic carbocycles. The van der Waals surface area contributed by atoms with Crippen LogP contribution in [0.25, 0.3) is 33.2 Å². The fourth-order valence-corrected chi connectivity index (χ4v) is 5.89. The molecule has 0 amide bonds. The van der Waals surface area contributed by atoms with E-state index in [-0.39, 0.29) is 6.04 Å².